The van der Waals surface area contributed by atoms with Crippen LogP contribution in [0.25, 0.3) is 0 Å². The first kappa shape index (κ1) is 15.4. The maximum atomic E-state index is 9.87. The largest absolute Gasteiger partial charge is 0.389 e. The fourth-order valence-corrected chi connectivity index (χ4v) is 2.54. The summed E-state index contributed by atoms with van der Waals surface area (Å²) in [5.41, 5.74) is 0. The third kappa shape index (κ3) is 5.19. The Bertz CT molecular complexity index is 377. The van der Waals surface area contributed by atoms with Crippen LogP contribution in [0.1, 0.15) is 37.9 Å². The molecule has 2 N–H and O–H groups in total. The summed E-state index contributed by atoms with van der Waals surface area (Å²) in [5, 5.41) is 20.9. The maximum Gasteiger partial charge on any atom is 0.133 e. The minimum absolute atomic E-state index is 0.358. The molecule has 0 bridgehead atoms. The zero-order valence-electron chi connectivity index (χ0n) is 12.3. The Kier molecular flexibility index (Phi) is 6.42. The topological polar surface area (TPSA) is 72.2 Å². The van der Waals surface area contributed by atoms with E-state index >= 15 is 0 Å². The number of hydrogen-bond acceptors (Lipinski definition) is 5. The summed E-state index contributed by atoms with van der Waals surface area (Å²) in [5.74, 6) is 0.949. The Morgan fingerprint density at radius 2 is 2.25 bits per heavy atom. The van der Waals surface area contributed by atoms with Gasteiger partial charge in [0.25, 0.3) is 0 Å². The van der Waals surface area contributed by atoms with E-state index in [0.717, 1.165) is 31.6 Å². The Balaban J connectivity index is 1.51. The third-order valence-corrected chi connectivity index (χ3v) is 3.79. The molecule has 1 aromatic heterocycles. The van der Waals surface area contributed by atoms with Crippen molar-refractivity contribution in [2.75, 3.05) is 19.7 Å². The molecule has 0 amide bonds. The molecule has 0 spiro atoms. The van der Waals surface area contributed by atoms with Crippen LogP contribution in [0, 0.1) is 0 Å². The zero-order valence-corrected chi connectivity index (χ0v) is 12.3. The van der Waals surface area contributed by atoms with Crippen LogP contribution in [0.15, 0.2) is 6.33 Å². The Labute approximate surface area is 120 Å². The monoisotopic (exact) mass is 282 g/mol. The summed E-state index contributed by atoms with van der Waals surface area (Å²) >= 11 is 0. The number of aromatic nitrogens is 3. The number of aliphatic hydroxyl groups excluding tert-OH is 1. The lowest BCUT2D eigenvalue weighted by molar-refractivity contribution is -0.0228. The number of rotatable bonds is 8. The van der Waals surface area contributed by atoms with Crippen molar-refractivity contribution in [3.8, 4) is 0 Å². The number of nitrogens with one attached hydrogen (secondary N) is 1. The van der Waals surface area contributed by atoms with E-state index in [2.05, 4.69) is 15.5 Å². The van der Waals surface area contributed by atoms with Crippen molar-refractivity contribution >= 4 is 0 Å². The average Bonchev–Trinajstić information content (AvgIpc) is 2.88. The van der Waals surface area contributed by atoms with Crippen molar-refractivity contribution in [1.82, 2.24) is 20.1 Å². The fraction of sp³-hybridized carbons (Fsp3) is 0.857. The smallest absolute Gasteiger partial charge is 0.133 e. The summed E-state index contributed by atoms with van der Waals surface area (Å²) in [6, 6.07) is 0. The second-order valence-corrected chi connectivity index (χ2v) is 5.56. The first-order valence-corrected chi connectivity index (χ1v) is 7.59. The third-order valence-electron chi connectivity index (χ3n) is 3.79. The van der Waals surface area contributed by atoms with Crippen LogP contribution in [0.4, 0.5) is 0 Å². The zero-order chi connectivity index (χ0) is 14.2. The number of ether oxygens (including phenoxy) is 1. The molecule has 1 heterocycles. The van der Waals surface area contributed by atoms with Gasteiger partial charge in [0.15, 0.2) is 0 Å². The fourth-order valence-electron chi connectivity index (χ4n) is 2.54. The molecular formula is C14H26N4O2. The minimum Gasteiger partial charge on any atom is -0.389 e. The molecule has 1 aromatic rings. The van der Waals surface area contributed by atoms with E-state index in [0.29, 0.717) is 19.3 Å². The average molecular weight is 282 g/mol. The van der Waals surface area contributed by atoms with Crippen molar-refractivity contribution in [3.63, 3.8) is 0 Å². The molecule has 1 fully saturated rings. The van der Waals surface area contributed by atoms with Crippen LogP contribution in [0.2, 0.25) is 0 Å². The molecule has 0 aromatic carbocycles. The van der Waals surface area contributed by atoms with Crippen LogP contribution < -0.4 is 5.32 Å². The van der Waals surface area contributed by atoms with E-state index in [-0.39, 0.29) is 0 Å². The quantitative estimate of drug-likeness (QED) is 0.685. The summed E-state index contributed by atoms with van der Waals surface area (Å²) in [6.07, 6.45) is 8.57. The van der Waals surface area contributed by atoms with E-state index in [1.165, 1.54) is 19.3 Å². The number of hydrogen-bond donors (Lipinski definition) is 2. The van der Waals surface area contributed by atoms with Gasteiger partial charge in [0, 0.05) is 26.6 Å². The van der Waals surface area contributed by atoms with E-state index in [9.17, 15) is 5.11 Å². The molecule has 1 aliphatic rings. The molecule has 6 nitrogen and oxygen atoms in total. The normalized spacial score (nSPS) is 18.3. The second-order valence-electron chi connectivity index (χ2n) is 5.56. The molecule has 1 saturated carbocycles. The van der Waals surface area contributed by atoms with Crippen LogP contribution in [-0.4, -0.2) is 51.8 Å². The van der Waals surface area contributed by atoms with Crippen LogP contribution >= 0.6 is 0 Å². The van der Waals surface area contributed by atoms with Crippen molar-refractivity contribution in [3.05, 3.63) is 12.2 Å². The lowest BCUT2D eigenvalue weighted by atomic mass is 9.98. The van der Waals surface area contributed by atoms with E-state index in [1.807, 2.05) is 11.6 Å². The predicted octanol–water partition coefficient (Wildman–Crippen LogP) is 0.657. The molecule has 20 heavy (non-hydrogen) atoms. The van der Waals surface area contributed by atoms with E-state index in [1.54, 1.807) is 6.33 Å². The van der Waals surface area contributed by atoms with Crippen LogP contribution in [0.5, 0.6) is 0 Å². The molecule has 0 saturated heterocycles. The van der Waals surface area contributed by atoms with Gasteiger partial charge in [-0.1, -0.05) is 19.3 Å². The highest BCUT2D eigenvalue weighted by molar-refractivity contribution is 4.84. The highest BCUT2D eigenvalue weighted by Gasteiger charge is 2.15. The lowest BCUT2D eigenvalue weighted by Crippen LogP contribution is -2.33. The molecule has 0 aliphatic heterocycles. The molecular weight excluding hydrogens is 256 g/mol. The van der Waals surface area contributed by atoms with Crippen molar-refractivity contribution < 1.29 is 9.84 Å². The SMILES string of the molecule is Cn1cnnc1CCNCC(O)COC1CCCCC1. The summed E-state index contributed by atoms with van der Waals surface area (Å²) < 4.78 is 7.66. The molecule has 1 unspecified atom stereocenters. The number of aryl methyl sites for hydroxylation is 1. The first-order chi connectivity index (χ1) is 9.75. The van der Waals surface area contributed by atoms with Gasteiger partial charge in [-0.3, -0.25) is 0 Å². The summed E-state index contributed by atoms with van der Waals surface area (Å²) in [6.45, 7) is 1.78. The maximum absolute atomic E-state index is 9.87. The van der Waals surface area contributed by atoms with Crippen molar-refractivity contribution in [2.45, 2.75) is 50.7 Å². The highest BCUT2D eigenvalue weighted by atomic mass is 16.5. The molecule has 6 heteroatoms. The van der Waals surface area contributed by atoms with Gasteiger partial charge >= 0.3 is 0 Å². The number of nitrogens with zero attached hydrogens (tertiary/aromatic N) is 3. The van der Waals surface area contributed by atoms with Gasteiger partial charge in [0.1, 0.15) is 12.2 Å². The molecule has 2 rings (SSSR count). The Hall–Kier alpha value is -0.980. The van der Waals surface area contributed by atoms with Gasteiger partial charge in [0.2, 0.25) is 0 Å². The van der Waals surface area contributed by atoms with E-state index in [4.69, 9.17) is 4.74 Å². The van der Waals surface area contributed by atoms with Gasteiger partial charge in [-0.15, -0.1) is 10.2 Å². The number of aliphatic hydroxyl groups is 1. The Morgan fingerprint density at radius 1 is 1.45 bits per heavy atom. The highest BCUT2D eigenvalue weighted by Crippen LogP contribution is 2.20. The van der Waals surface area contributed by atoms with Crippen LogP contribution in [-0.2, 0) is 18.2 Å². The molecule has 0 radical (unpaired) electrons. The molecule has 1 atom stereocenters. The lowest BCUT2D eigenvalue weighted by Gasteiger charge is -2.23. The van der Waals surface area contributed by atoms with E-state index < -0.39 is 6.10 Å². The predicted molar refractivity (Wildman–Crippen MR) is 76.4 cm³/mol. The van der Waals surface area contributed by atoms with Gasteiger partial charge in [-0.2, -0.15) is 0 Å². The van der Waals surface area contributed by atoms with Crippen molar-refractivity contribution in [1.29, 1.82) is 0 Å². The van der Waals surface area contributed by atoms with Crippen molar-refractivity contribution in [2.24, 2.45) is 7.05 Å². The van der Waals surface area contributed by atoms with Gasteiger partial charge < -0.3 is 19.7 Å². The van der Waals surface area contributed by atoms with Gasteiger partial charge in [0.05, 0.1) is 18.8 Å². The molecule has 1 aliphatic carbocycles. The summed E-state index contributed by atoms with van der Waals surface area (Å²) in [7, 11) is 1.93. The summed E-state index contributed by atoms with van der Waals surface area (Å²) in [4.78, 5) is 0. The van der Waals surface area contributed by atoms with Crippen LogP contribution in [0.3, 0.4) is 0 Å². The molecule has 114 valence electrons. The standard InChI is InChI=1S/C14H26N4O2/c1-18-11-16-17-14(18)7-8-15-9-12(19)10-20-13-5-3-2-4-6-13/h11-13,15,19H,2-10H2,1H3. The minimum atomic E-state index is -0.434. The first-order valence-electron chi connectivity index (χ1n) is 7.59. The second kappa shape index (κ2) is 8.34. The Morgan fingerprint density at radius 3 is 2.95 bits per heavy atom. The van der Waals surface area contributed by atoms with Gasteiger partial charge in [-0.05, 0) is 12.8 Å². The van der Waals surface area contributed by atoms with Gasteiger partial charge in [-0.25, -0.2) is 0 Å².